The first-order valence-electron chi connectivity index (χ1n) is 6.11. The molecule has 0 saturated carbocycles. The van der Waals surface area contributed by atoms with Crippen LogP contribution in [0.2, 0.25) is 0 Å². The number of aromatic nitrogens is 1. The Bertz CT molecular complexity index is 555. The molecule has 0 amide bonds. The molecule has 2 rings (SSSR count). The van der Waals surface area contributed by atoms with Gasteiger partial charge in [0, 0.05) is 12.6 Å². The smallest absolute Gasteiger partial charge is 0.326 e. The van der Waals surface area contributed by atoms with Crippen LogP contribution in [0, 0.1) is 6.92 Å². The summed E-state index contributed by atoms with van der Waals surface area (Å²) in [5, 5.41) is 12.3. The number of hydrogen-bond acceptors (Lipinski definition) is 3. The second kappa shape index (κ2) is 6.00. The van der Waals surface area contributed by atoms with E-state index in [9.17, 15) is 9.90 Å². The summed E-state index contributed by atoms with van der Waals surface area (Å²) < 4.78 is 0. The highest BCUT2D eigenvalue weighted by atomic mass is 16.4. The van der Waals surface area contributed by atoms with Crippen molar-refractivity contribution >= 4 is 11.8 Å². The minimum atomic E-state index is -0.881. The van der Waals surface area contributed by atoms with Gasteiger partial charge in [0.1, 0.15) is 11.9 Å². The number of benzene rings is 1. The van der Waals surface area contributed by atoms with Gasteiger partial charge in [-0.3, -0.25) is 0 Å². The first-order chi connectivity index (χ1) is 9.16. The molecular weight excluding hydrogens is 240 g/mol. The van der Waals surface area contributed by atoms with Crippen LogP contribution in [-0.2, 0) is 11.2 Å². The van der Waals surface area contributed by atoms with Crippen LogP contribution in [0.1, 0.15) is 11.1 Å². The van der Waals surface area contributed by atoms with Gasteiger partial charge in [0.25, 0.3) is 0 Å². The van der Waals surface area contributed by atoms with Crippen molar-refractivity contribution in [1.82, 2.24) is 4.98 Å². The van der Waals surface area contributed by atoms with Crippen LogP contribution in [0.4, 0.5) is 5.82 Å². The molecule has 0 spiro atoms. The third-order valence-electron chi connectivity index (χ3n) is 2.90. The predicted octanol–water partition coefficient (Wildman–Crippen LogP) is 2.50. The molecule has 0 bridgehead atoms. The summed E-state index contributed by atoms with van der Waals surface area (Å²) in [5.41, 5.74) is 1.91. The SMILES string of the molecule is Cc1cccnc1N[C@@H](Cc1ccccc1)C(=O)O. The molecule has 2 aromatic rings. The number of pyridine rings is 1. The summed E-state index contributed by atoms with van der Waals surface area (Å²) in [7, 11) is 0. The van der Waals surface area contributed by atoms with Gasteiger partial charge < -0.3 is 10.4 Å². The minimum absolute atomic E-state index is 0.423. The van der Waals surface area contributed by atoms with E-state index in [4.69, 9.17) is 0 Å². The summed E-state index contributed by atoms with van der Waals surface area (Å²) in [6, 6.07) is 12.6. The quantitative estimate of drug-likeness (QED) is 0.862. The number of nitrogens with zero attached hydrogens (tertiary/aromatic N) is 1. The maximum absolute atomic E-state index is 11.3. The normalized spacial score (nSPS) is 11.8. The number of rotatable bonds is 5. The molecule has 4 nitrogen and oxygen atoms in total. The van der Waals surface area contributed by atoms with Crippen molar-refractivity contribution in [3.8, 4) is 0 Å². The number of anilines is 1. The Morgan fingerprint density at radius 2 is 2.00 bits per heavy atom. The van der Waals surface area contributed by atoms with E-state index in [-0.39, 0.29) is 0 Å². The van der Waals surface area contributed by atoms with Crippen LogP contribution in [-0.4, -0.2) is 22.1 Å². The molecule has 1 heterocycles. The number of aryl methyl sites for hydroxylation is 1. The van der Waals surface area contributed by atoms with Crippen LogP contribution in [0.15, 0.2) is 48.7 Å². The van der Waals surface area contributed by atoms with Gasteiger partial charge in [0.05, 0.1) is 0 Å². The lowest BCUT2D eigenvalue weighted by atomic mass is 10.1. The molecule has 0 radical (unpaired) electrons. The Kier molecular flexibility index (Phi) is 4.13. The van der Waals surface area contributed by atoms with Crippen molar-refractivity contribution in [2.45, 2.75) is 19.4 Å². The van der Waals surface area contributed by atoms with Crippen LogP contribution in [0.25, 0.3) is 0 Å². The third kappa shape index (κ3) is 3.55. The summed E-state index contributed by atoms with van der Waals surface area (Å²) in [6.45, 7) is 1.90. The molecule has 19 heavy (non-hydrogen) atoms. The highest BCUT2D eigenvalue weighted by molar-refractivity contribution is 5.77. The fraction of sp³-hybridized carbons (Fsp3) is 0.200. The highest BCUT2D eigenvalue weighted by Crippen LogP contribution is 2.13. The van der Waals surface area contributed by atoms with E-state index in [1.807, 2.05) is 49.4 Å². The van der Waals surface area contributed by atoms with Crippen molar-refractivity contribution in [1.29, 1.82) is 0 Å². The fourth-order valence-corrected chi connectivity index (χ4v) is 1.85. The molecule has 0 saturated heterocycles. The number of carboxylic acids is 1. The Labute approximate surface area is 112 Å². The zero-order valence-electron chi connectivity index (χ0n) is 10.7. The van der Waals surface area contributed by atoms with E-state index in [1.54, 1.807) is 6.20 Å². The first kappa shape index (κ1) is 13.1. The van der Waals surface area contributed by atoms with E-state index in [2.05, 4.69) is 10.3 Å². The Morgan fingerprint density at radius 3 is 2.63 bits per heavy atom. The molecule has 0 aliphatic carbocycles. The number of nitrogens with one attached hydrogen (secondary N) is 1. The topological polar surface area (TPSA) is 62.2 Å². The maximum Gasteiger partial charge on any atom is 0.326 e. The standard InChI is InChI=1S/C15H16N2O2/c1-11-6-5-9-16-14(11)17-13(15(18)19)10-12-7-3-2-4-8-12/h2-9,13H,10H2,1H3,(H,16,17)(H,18,19)/t13-/m0/s1. The van der Waals surface area contributed by atoms with E-state index >= 15 is 0 Å². The number of aliphatic carboxylic acids is 1. The molecule has 0 aliphatic rings. The molecule has 1 aromatic heterocycles. The monoisotopic (exact) mass is 256 g/mol. The van der Waals surface area contributed by atoms with Crippen molar-refractivity contribution in [2.24, 2.45) is 0 Å². The average Bonchev–Trinajstić information content (AvgIpc) is 2.41. The van der Waals surface area contributed by atoms with Crippen molar-refractivity contribution in [2.75, 3.05) is 5.32 Å². The van der Waals surface area contributed by atoms with Gasteiger partial charge in [-0.15, -0.1) is 0 Å². The molecule has 4 heteroatoms. The summed E-state index contributed by atoms with van der Waals surface area (Å²) in [4.78, 5) is 15.5. The van der Waals surface area contributed by atoms with Crippen LogP contribution in [0.3, 0.4) is 0 Å². The number of carbonyl (C=O) groups is 1. The Morgan fingerprint density at radius 1 is 1.26 bits per heavy atom. The van der Waals surface area contributed by atoms with Crippen LogP contribution in [0.5, 0.6) is 0 Å². The Hall–Kier alpha value is -2.36. The average molecular weight is 256 g/mol. The summed E-state index contributed by atoms with van der Waals surface area (Å²) >= 11 is 0. The molecule has 0 fully saturated rings. The van der Waals surface area contributed by atoms with Gasteiger partial charge in [-0.2, -0.15) is 0 Å². The lowest BCUT2D eigenvalue weighted by Crippen LogP contribution is -2.32. The molecular formula is C15H16N2O2. The van der Waals surface area contributed by atoms with E-state index in [0.29, 0.717) is 12.2 Å². The number of hydrogen-bond donors (Lipinski definition) is 2. The summed E-state index contributed by atoms with van der Waals surface area (Å²) in [5.74, 6) is -0.264. The van der Waals surface area contributed by atoms with Gasteiger partial charge >= 0.3 is 5.97 Å². The third-order valence-corrected chi connectivity index (χ3v) is 2.90. The van der Waals surface area contributed by atoms with Gasteiger partial charge in [-0.05, 0) is 24.1 Å². The largest absolute Gasteiger partial charge is 0.480 e. The van der Waals surface area contributed by atoms with Crippen LogP contribution >= 0.6 is 0 Å². The van der Waals surface area contributed by atoms with Crippen LogP contribution < -0.4 is 5.32 Å². The molecule has 98 valence electrons. The lowest BCUT2D eigenvalue weighted by Gasteiger charge is -2.16. The zero-order valence-corrected chi connectivity index (χ0v) is 10.7. The lowest BCUT2D eigenvalue weighted by molar-refractivity contribution is -0.137. The summed E-state index contributed by atoms with van der Waals surface area (Å²) in [6.07, 6.45) is 2.07. The van der Waals surface area contributed by atoms with E-state index in [1.165, 1.54) is 0 Å². The van der Waals surface area contributed by atoms with Gasteiger partial charge in [-0.25, -0.2) is 9.78 Å². The molecule has 1 aromatic carbocycles. The van der Waals surface area contributed by atoms with E-state index in [0.717, 1.165) is 11.1 Å². The number of carboxylic acid groups (broad SMARTS) is 1. The maximum atomic E-state index is 11.3. The molecule has 1 atom stereocenters. The van der Waals surface area contributed by atoms with E-state index < -0.39 is 12.0 Å². The second-order valence-electron chi connectivity index (χ2n) is 4.39. The first-order valence-corrected chi connectivity index (χ1v) is 6.11. The van der Waals surface area contributed by atoms with Gasteiger partial charge in [-0.1, -0.05) is 36.4 Å². The Balaban J connectivity index is 2.13. The fourth-order valence-electron chi connectivity index (χ4n) is 1.85. The minimum Gasteiger partial charge on any atom is -0.480 e. The zero-order chi connectivity index (χ0) is 13.7. The molecule has 0 aliphatic heterocycles. The molecule has 0 unspecified atom stereocenters. The predicted molar refractivity (Wildman–Crippen MR) is 74.2 cm³/mol. The van der Waals surface area contributed by atoms with Gasteiger partial charge in [0.2, 0.25) is 0 Å². The second-order valence-corrected chi connectivity index (χ2v) is 4.39. The molecule has 2 N–H and O–H groups in total. The van der Waals surface area contributed by atoms with Crippen molar-refractivity contribution in [3.63, 3.8) is 0 Å². The van der Waals surface area contributed by atoms with Crippen molar-refractivity contribution in [3.05, 3.63) is 59.8 Å². The van der Waals surface area contributed by atoms with Gasteiger partial charge in [0.15, 0.2) is 0 Å². The highest BCUT2D eigenvalue weighted by Gasteiger charge is 2.18. The van der Waals surface area contributed by atoms with Crippen molar-refractivity contribution < 1.29 is 9.90 Å².